The van der Waals surface area contributed by atoms with Gasteiger partial charge in [-0.1, -0.05) is 13.0 Å². The highest BCUT2D eigenvalue weighted by molar-refractivity contribution is 5.35. The third kappa shape index (κ3) is 5.88. The number of nitrogens with zero attached hydrogens (tertiary/aromatic N) is 2. The fraction of sp³-hybridized carbons (Fsp3) is 0.688. The number of aromatic nitrogens is 1. The summed E-state index contributed by atoms with van der Waals surface area (Å²) >= 11 is 0. The van der Waals surface area contributed by atoms with Crippen LogP contribution in [0, 0.1) is 5.92 Å². The van der Waals surface area contributed by atoms with Gasteiger partial charge in [-0.3, -0.25) is 4.90 Å². The third-order valence-corrected chi connectivity index (χ3v) is 3.50. The van der Waals surface area contributed by atoms with Gasteiger partial charge in [0.25, 0.3) is 0 Å². The number of hydrogen-bond acceptors (Lipinski definition) is 4. The van der Waals surface area contributed by atoms with Crippen molar-refractivity contribution in [2.24, 2.45) is 5.92 Å². The first-order valence-electron chi connectivity index (χ1n) is 7.73. The van der Waals surface area contributed by atoms with Crippen LogP contribution in [0.5, 0.6) is 0 Å². The van der Waals surface area contributed by atoms with Gasteiger partial charge >= 0.3 is 0 Å². The molecule has 0 radical (unpaired) electrons. The SMILES string of the molecule is CCCNc1ccc(CN(C)CCOCC2CC2)cn1. The topological polar surface area (TPSA) is 37.4 Å². The average Bonchev–Trinajstić information content (AvgIpc) is 3.27. The van der Waals surface area contributed by atoms with Gasteiger partial charge in [0.2, 0.25) is 0 Å². The Morgan fingerprint density at radius 1 is 1.40 bits per heavy atom. The molecule has 4 nitrogen and oxygen atoms in total. The average molecular weight is 277 g/mol. The molecule has 112 valence electrons. The Kier molecular flexibility index (Phi) is 6.27. The molecule has 0 aliphatic heterocycles. The predicted octanol–water partition coefficient (Wildman–Crippen LogP) is 2.76. The van der Waals surface area contributed by atoms with E-state index in [0.717, 1.165) is 51.0 Å². The molecular weight excluding hydrogens is 250 g/mol. The highest BCUT2D eigenvalue weighted by Crippen LogP contribution is 2.28. The van der Waals surface area contributed by atoms with Crippen molar-refractivity contribution >= 4 is 5.82 Å². The Labute approximate surface area is 122 Å². The number of pyridine rings is 1. The summed E-state index contributed by atoms with van der Waals surface area (Å²) in [6, 6.07) is 4.20. The van der Waals surface area contributed by atoms with Crippen molar-refractivity contribution in [2.75, 3.05) is 38.7 Å². The largest absolute Gasteiger partial charge is 0.380 e. The first kappa shape index (κ1) is 15.3. The molecule has 20 heavy (non-hydrogen) atoms. The standard InChI is InChI=1S/C16H27N3O/c1-3-8-17-16-7-6-15(11-18-16)12-19(2)9-10-20-13-14-4-5-14/h6-7,11,14H,3-5,8-10,12-13H2,1-2H3,(H,17,18). The van der Waals surface area contributed by atoms with Gasteiger partial charge in [-0.25, -0.2) is 4.98 Å². The normalized spacial score (nSPS) is 14.8. The third-order valence-electron chi connectivity index (χ3n) is 3.50. The van der Waals surface area contributed by atoms with E-state index in [1.54, 1.807) is 0 Å². The monoisotopic (exact) mass is 277 g/mol. The lowest BCUT2D eigenvalue weighted by Crippen LogP contribution is -2.23. The summed E-state index contributed by atoms with van der Waals surface area (Å²) in [5.74, 6) is 1.82. The summed E-state index contributed by atoms with van der Waals surface area (Å²) in [5.41, 5.74) is 1.25. The van der Waals surface area contributed by atoms with Gasteiger partial charge in [-0.15, -0.1) is 0 Å². The smallest absolute Gasteiger partial charge is 0.125 e. The molecule has 1 aliphatic carbocycles. The van der Waals surface area contributed by atoms with Crippen molar-refractivity contribution < 1.29 is 4.74 Å². The summed E-state index contributed by atoms with van der Waals surface area (Å²) in [4.78, 5) is 6.71. The highest BCUT2D eigenvalue weighted by atomic mass is 16.5. The molecule has 0 aromatic carbocycles. The van der Waals surface area contributed by atoms with Gasteiger partial charge in [0.1, 0.15) is 5.82 Å². The van der Waals surface area contributed by atoms with Gasteiger partial charge in [0, 0.05) is 32.4 Å². The number of rotatable bonds is 10. The number of ether oxygens (including phenoxy) is 1. The van der Waals surface area contributed by atoms with Crippen LogP contribution in [-0.4, -0.2) is 43.2 Å². The lowest BCUT2D eigenvalue weighted by atomic mass is 10.2. The van der Waals surface area contributed by atoms with Gasteiger partial charge in [0.15, 0.2) is 0 Å². The fourth-order valence-electron chi connectivity index (χ4n) is 2.02. The molecule has 1 heterocycles. The molecule has 1 aromatic heterocycles. The van der Waals surface area contributed by atoms with Gasteiger partial charge in [0.05, 0.1) is 6.61 Å². The maximum Gasteiger partial charge on any atom is 0.125 e. The van der Waals surface area contributed by atoms with Crippen LogP contribution in [0.1, 0.15) is 31.7 Å². The summed E-state index contributed by atoms with van der Waals surface area (Å²) in [6.45, 7) is 6.81. The minimum absolute atomic E-state index is 0.830. The van der Waals surface area contributed by atoms with E-state index in [1.807, 2.05) is 6.20 Å². The zero-order valence-electron chi connectivity index (χ0n) is 12.8. The van der Waals surface area contributed by atoms with E-state index in [2.05, 4.69) is 41.3 Å². The molecule has 1 aromatic rings. The van der Waals surface area contributed by atoms with Crippen LogP contribution in [0.25, 0.3) is 0 Å². The Bertz CT molecular complexity index is 376. The minimum atomic E-state index is 0.830. The van der Waals surface area contributed by atoms with E-state index in [-0.39, 0.29) is 0 Å². The van der Waals surface area contributed by atoms with Gasteiger partial charge in [-0.05, 0) is 43.9 Å². The molecule has 0 saturated heterocycles. The lowest BCUT2D eigenvalue weighted by Gasteiger charge is -2.16. The molecular formula is C16H27N3O. The summed E-state index contributed by atoms with van der Waals surface area (Å²) < 4.78 is 5.66. The number of likely N-dealkylation sites (N-methyl/N-ethyl adjacent to an activating group) is 1. The summed E-state index contributed by atoms with van der Waals surface area (Å²) in [5, 5.41) is 3.29. The van der Waals surface area contributed by atoms with E-state index in [4.69, 9.17) is 4.74 Å². The maximum absolute atomic E-state index is 5.66. The van der Waals surface area contributed by atoms with Crippen LogP contribution < -0.4 is 5.32 Å². The van der Waals surface area contributed by atoms with Crippen LogP contribution in [0.3, 0.4) is 0 Å². The summed E-state index contributed by atoms with van der Waals surface area (Å²) in [6.07, 6.45) is 5.80. The second-order valence-electron chi connectivity index (χ2n) is 5.73. The molecule has 0 atom stereocenters. The molecule has 0 spiro atoms. The molecule has 4 heteroatoms. The van der Waals surface area contributed by atoms with Crippen molar-refractivity contribution in [3.05, 3.63) is 23.9 Å². The molecule has 1 fully saturated rings. The quantitative estimate of drug-likeness (QED) is 0.667. The lowest BCUT2D eigenvalue weighted by molar-refractivity contribution is 0.102. The zero-order chi connectivity index (χ0) is 14.2. The van der Waals surface area contributed by atoms with Crippen LogP contribution in [0.2, 0.25) is 0 Å². The van der Waals surface area contributed by atoms with Crippen LogP contribution in [0.15, 0.2) is 18.3 Å². The van der Waals surface area contributed by atoms with Crippen LogP contribution >= 0.6 is 0 Å². The Balaban J connectivity index is 1.63. The van der Waals surface area contributed by atoms with Crippen molar-refractivity contribution in [3.63, 3.8) is 0 Å². The van der Waals surface area contributed by atoms with Crippen LogP contribution in [0.4, 0.5) is 5.82 Å². The van der Waals surface area contributed by atoms with Gasteiger partial charge < -0.3 is 10.1 Å². The van der Waals surface area contributed by atoms with E-state index in [9.17, 15) is 0 Å². The molecule has 2 rings (SSSR count). The van der Waals surface area contributed by atoms with Crippen molar-refractivity contribution in [1.82, 2.24) is 9.88 Å². The highest BCUT2D eigenvalue weighted by Gasteiger charge is 2.20. The molecule has 1 saturated carbocycles. The zero-order valence-corrected chi connectivity index (χ0v) is 12.8. The second kappa shape index (κ2) is 8.22. The minimum Gasteiger partial charge on any atom is -0.380 e. The molecule has 1 aliphatic rings. The van der Waals surface area contributed by atoms with Crippen molar-refractivity contribution in [2.45, 2.75) is 32.7 Å². The second-order valence-corrected chi connectivity index (χ2v) is 5.73. The van der Waals surface area contributed by atoms with Crippen molar-refractivity contribution in [3.8, 4) is 0 Å². The molecule has 0 amide bonds. The number of nitrogens with one attached hydrogen (secondary N) is 1. The van der Waals surface area contributed by atoms with Crippen LogP contribution in [-0.2, 0) is 11.3 Å². The Morgan fingerprint density at radius 3 is 2.90 bits per heavy atom. The van der Waals surface area contributed by atoms with E-state index in [1.165, 1.54) is 18.4 Å². The van der Waals surface area contributed by atoms with E-state index < -0.39 is 0 Å². The first-order chi connectivity index (χ1) is 9.78. The number of hydrogen-bond donors (Lipinski definition) is 1. The van der Waals surface area contributed by atoms with Crippen molar-refractivity contribution in [1.29, 1.82) is 0 Å². The molecule has 1 N–H and O–H groups in total. The molecule has 0 unspecified atom stereocenters. The molecule has 0 bridgehead atoms. The Hall–Kier alpha value is -1.13. The Morgan fingerprint density at radius 2 is 2.25 bits per heavy atom. The van der Waals surface area contributed by atoms with E-state index in [0.29, 0.717) is 0 Å². The van der Waals surface area contributed by atoms with Gasteiger partial charge in [-0.2, -0.15) is 0 Å². The summed E-state index contributed by atoms with van der Waals surface area (Å²) in [7, 11) is 2.13. The maximum atomic E-state index is 5.66. The fourth-order valence-corrected chi connectivity index (χ4v) is 2.02. The van der Waals surface area contributed by atoms with E-state index >= 15 is 0 Å². The number of anilines is 1. The first-order valence-corrected chi connectivity index (χ1v) is 7.73. The predicted molar refractivity (Wildman–Crippen MR) is 82.9 cm³/mol.